The average molecular weight is 298 g/mol. The maximum absolute atomic E-state index is 11.4. The van der Waals surface area contributed by atoms with Crippen molar-refractivity contribution in [2.24, 2.45) is 5.41 Å². The third kappa shape index (κ3) is 23.3. The fourth-order valence-electron chi connectivity index (χ4n) is 1.03. The molecular weight excluding hydrogens is 262 g/mol. The number of rotatable bonds is 8. The Morgan fingerprint density at radius 3 is 2.21 bits per heavy atom. The van der Waals surface area contributed by atoms with Crippen molar-refractivity contribution in [1.29, 1.82) is 0 Å². The molecule has 0 aliphatic carbocycles. The fourth-order valence-corrected chi connectivity index (χ4v) is 1.03. The average Bonchev–Trinajstić information content (AvgIpc) is 2.33. The predicted octanol–water partition coefficient (Wildman–Crippen LogP) is 2.98. The van der Waals surface area contributed by atoms with Crippen molar-refractivity contribution in [3.63, 3.8) is 0 Å². The lowest BCUT2D eigenvalue weighted by Crippen LogP contribution is -2.32. The van der Waals surface area contributed by atoms with Gasteiger partial charge in [0.25, 0.3) is 0 Å². The van der Waals surface area contributed by atoms with Crippen LogP contribution in [0, 0.1) is 5.41 Å². The molecular formula is C14H35NO3S. The molecule has 0 aromatic carbocycles. The number of ether oxygens (including phenoxy) is 2. The van der Waals surface area contributed by atoms with Gasteiger partial charge in [-0.2, -0.15) is 13.5 Å². The van der Waals surface area contributed by atoms with Gasteiger partial charge in [-0.15, -0.1) is 0 Å². The topological polar surface area (TPSA) is 47.6 Å². The highest BCUT2D eigenvalue weighted by Crippen LogP contribution is 2.10. The Morgan fingerprint density at radius 2 is 1.74 bits per heavy atom. The molecule has 0 aliphatic heterocycles. The van der Waals surface area contributed by atoms with Gasteiger partial charge in [-0.25, -0.2) is 0 Å². The maximum Gasteiger partial charge on any atom is 0.220 e. The van der Waals surface area contributed by atoms with Crippen LogP contribution < -0.4 is 5.32 Å². The minimum Gasteiger partial charge on any atom is -0.382 e. The number of carbonyl (C=O) groups is 1. The molecule has 4 nitrogen and oxygen atoms in total. The molecule has 0 bridgehead atoms. The quantitative estimate of drug-likeness (QED) is 0.701. The summed E-state index contributed by atoms with van der Waals surface area (Å²) in [4.78, 5) is 11.4. The first-order valence-electron chi connectivity index (χ1n) is 6.79. The molecule has 19 heavy (non-hydrogen) atoms. The van der Waals surface area contributed by atoms with E-state index >= 15 is 0 Å². The van der Waals surface area contributed by atoms with Crippen LogP contribution >= 0.6 is 13.5 Å². The third-order valence-corrected chi connectivity index (χ3v) is 1.94. The second kappa shape index (κ2) is 15.8. The van der Waals surface area contributed by atoms with Crippen molar-refractivity contribution in [1.82, 2.24) is 5.32 Å². The van der Waals surface area contributed by atoms with E-state index in [1.54, 1.807) is 7.11 Å². The zero-order chi connectivity index (χ0) is 14.4. The monoisotopic (exact) mass is 297 g/mol. The summed E-state index contributed by atoms with van der Waals surface area (Å²) in [7, 11) is 1.64. The summed E-state index contributed by atoms with van der Waals surface area (Å²) < 4.78 is 10.1. The van der Waals surface area contributed by atoms with Gasteiger partial charge in [-0.1, -0.05) is 34.6 Å². The maximum atomic E-state index is 11.4. The number of carbonyl (C=O) groups excluding carboxylic acids is 1. The van der Waals surface area contributed by atoms with Crippen LogP contribution in [0.1, 0.15) is 48.9 Å². The molecule has 0 radical (unpaired) electrons. The van der Waals surface area contributed by atoms with E-state index in [9.17, 15) is 4.79 Å². The third-order valence-electron chi connectivity index (χ3n) is 1.94. The molecule has 0 heterocycles. The molecule has 0 saturated carbocycles. The van der Waals surface area contributed by atoms with Crippen molar-refractivity contribution in [3.8, 4) is 0 Å². The molecule has 1 amide bonds. The highest BCUT2D eigenvalue weighted by Gasteiger charge is 2.11. The Balaban J connectivity index is -0.000000304. The lowest BCUT2D eigenvalue weighted by molar-refractivity contribution is -0.121. The van der Waals surface area contributed by atoms with E-state index in [1.807, 2.05) is 13.8 Å². The van der Waals surface area contributed by atoms with Gasteiger partial charge in [0.1, 0.15) is 0 Å². The molecule has 120 valence electrons. The van der Waals surface area contributed by atoms with Gasteiger partial charge in [-0.05, 0) is 11.8 Å². The van der Waals surface area contributed by atoms with Gasteiger partial charge in [0, 0.05) is 28.1 Å². The SMILES string of the molecule is CC.COCCOCCCC(=O)NCC(C)(C)C.S.[HH]. The second-order valence-electron chi connectivity index (χ2n) is 5.05. The molecule has 0 fully saturated rings. The summed E-state index contributed by atoms with van der Waals surface area (Å²) in [5, 5.41) is 2.91. The molecule has 0 rings (SSSR count). The summed E-state index contributed by atoms with van der Waals surface area (Å²) in [5.41, 5.74) is 0.143. The number of methoxy groups -OCH3 is 1. The molecule has 0 atom stereocenters. The van der Waals surface area contributed by atoms with E-state index in [1.165, 1.54) is 0 Å². The van der Waals surface area contributed by atoms with Crippen LogP contribution in [0.15, 0.2) is 0 Å². The summed E-state index contributed by atoms with van der Waals surface area (Å²) in [5.74, 6) is 0.102. The van der Waals surface area contributed by atoms with Crippen molar-refractivity contribution in [2.45, 2.75) is 47.5 Å². The van der Waals surface area contributed by atoms with Gasteiger partial charge in [0.15, 0.2) is 0 Å². The Morgan fingerprint density at radius 1 is 1.16 bits per heavy atom. The van der Waals surface area contributed by atoms with Gasteiger partial charge >= 0.3 is 0 Å². The number of hydrogen-bond acceptors (Lipinski definition) is 3. The van der Waals surface area contributed by atoms with E-state index in [-0.39, 0.29) is 26.2 Å². The largest absolute Gasteiger partial charge is 0.382 e. The summed E-state index contributed by atoms with van der Waals surface area (Å²) in [6.07, 6.45) is 1.29. The lowest BCUT2D eigenvalue weighted by Gasteiger charge is -2.18. The Hall–Kier alpha value is -0.260. The molecule has 0 spiro atoms. The Labute approximate surface area is 127 Å². The number of nitrogens with one attached hydrogen (secondary N) is 1. The summed E-state index contributed by atoms with van der Waals surface area (Å²) in [6, 6.07) is 0. The van der Waals surface area contributed by atoms with E-state index in [4.69, 9.17) is 9.47 Å². The predicted molar refractivity (Wildman–Crippen MR) is 88.2 cm³/mol. The first-order valence-corrected chi connectivity index (χ1v) is 6.79. The first-order chi connectivity index (χ1) is 8.45. The molecule has 0 unspecified atom stereocenters. The smallest absolute Gasteiger partial charge is 0.220 e. The van der Waals surface area contributed by atoms with E-state index in [2.05, 4.69) is 26.1 Å². The van der Waals surface area contributed by atoms with Crippen LogP contribution in [0.2, 0.25) is 0 Å². The minimum atomic E-state index is 0. The number of hydrogen-bond donors (Lipinski definition) is 1. The van der Waals surface area contributed by atoms with Gasteiger partial charge in [-0.3, -0.25) is 4.79 Å². The highest BCUT2D eigenvalue weighted by atomic mass is 32.1. The van der Waals surface area contributed by atoms with Crippen molar-refractivity contribution in [2.75, 3.05) is 33.5 Å². The van der Waals surface area contributed by atoms with Crippen molar-refractivity contribution >= 4 is 19.4 Å². The van der Waals surface area contributed by atoms with Crippen LogP contribution in [-0.2, 0) is 14.3 Å². The van der Waals surface area contributed by atoms with E-state index in [0.29, 0.717) is 26.2 Å². The van der Waals surface area contributed by atoms with Crippen LogP contribution in [0.4, 0.5) is 0 Å². The van der Waals surface area contributed by atoms with Crippen LogP contribution in [0.3, 0.4) is 0 Å². The Bertz CT molecular complexity index is 199. The minimum absolute atomic E-state index is 0. The molecule has 0 aliphatic rings. The van der Waals surface area contributed by atoms with Crippen molar-refractivity contribution < 1.29 is 15.7 Å². The van der Waals surface area contributed by atoms with Crippen molar-refractivity contribution in [3.05, 3.63) is 0 Å². The lowest BCUT2D eigenvalue weighted by atomic mass is 9.97. The molecule has 0 saturated heterocycles. The second-order valence-corrected chi connectivity index (χ2v) is 5.05. The van der Waals surface area contributed by atoms with Crippen LogP contribution in [0.5, 0.6) is 0 Å². The molecule has 1 N–H and O–H groups in total. The zero-order valence-corrected chi connectivity index (χ0v) is 14.5. The van der Waals surface area contributed by atoms with E-state index in [0.717, 1.165) is 13.0 Å². The normalized spacial score (nSPS) is 10.0. The van der Waals surface area contributed by atoms with Crippen LogP contribution in [0.25, 0.3) is 0 Å². The first kappa shape index (κ1) is 23.8. The summed E-state index contributed by atoms with van der Waals surface area (Å²) in [6.45, 7) is 12.8. The summed E-state index contributed by atoms with van der Waals surface area (Å²) >= 11 is 0. The molecule has 0 aromatic heterocycles. The zero-order valence-electron chi connectivity index (χ0n) is 13.5. The molecule has 5 heteroatoms. The van der Waals surface area contributed by atoms with Crippen LogP contribution in [-0.4, -0.2) is 39.4 Å². The Kier molecular flexibility index (Phi) is 19.8. The van der Waals surface area contributed by atoms with Gasteiger partial charge < -0.3 is 14.8 Å². The number of amides is 1. The highest BCUT2D eigenvalue weighted by molar-refractivity contribution is 7.59. The fraction of sp³-hybridized carbons (Fsp3) is 0.929. The van der Waals surface area contributed by atoms with Gasteiger partial charge in [0.05, 0.1) is 13.2 Å². The van der Waals surface area contributed by atoms with Gasteiger partial charge in [0.2, 0.25) is 5.91 Å². The standard InChI is InChI=1S/C12H25NO3.C2H6.H2S.H2/c1-12(2,3)10-13-11(14)6-5-7-16-9-8-15-4;1-2;;/h5-10H2,1-4H3,(H,13,14);1-2H3;1H2;1H. The van der Waals surface area contributed by atoms with E-state index < -0.39 is 0 Å². The molecule has 0 aromatic rings.